The number of benzene rings is 1. The van der Waals surface area contributed by atoms with E-state index < -0.39 is 0 Å². The van der Waals surface area contributed by atoms with E-state index in [1.165, 1.54) is 26.9 Å². The molecule has 1 aromatic carbocycles. The molecule has 0 atom stereocenters. The number of halogens is 2. The summed E-state index contributed by atoms with van der Waals surface area (Å²) in [6.45, 7) is 0. The van der Waals surface area contributed by atoms with Gasteiger partial charge in [-0.2, -0.15) is 0 Å². The zero-order valence-electron chi connectivity index (χ0n) is 4.77. The van der Waals surface area contributed by atoms with Crippen molar-refractivity contribution >= 4 is 20.1 Å². The topological polar surface area (TPSA) is 0 Å². The number of rotatable bonds is 0. The van der Waals surface area contributed by atoms with Gasteiger partial charge >= 0.3 is 67.1 Å². The molecule has 0 fully saturated rings. The summed E-state index contributed by atoms with van der Waals surface area (Å²) in [5.74, 6) is 0. The number of hydrogen-bond acceptors (Lipinski definition) is 0. The van der Waals surface area contributed by atoms with Gasteiger partial charge in [0.2, 0.25) is 0 Å². The van der Waals surface area contributed by atoms with Crippen LogP contribution in [-0.4, -0.2) is 0 Å². The molecule has 0 saturated heterocycles. The zero-order chi connectivity index (χ0) is 5.98. The second-order valence-corrected chi connectivity index (χ2v) is 4.26. The van der Waals surface area contributed by atoms with Gasteiger partial charge in [-0.3, -0.25) is 0 Å². The average Bonchev–Trinajstić information content (AvgIpc) is 1.64. The molecule has 9 heavy (non-hydrogen) atoms. The molecule has 0 heterocycles. The summed E-state index contributed by atoms with van der Waals surface area (Å²) in [5, 5.41) is 0. The Labute approximate surface area is 83.6 Å². The van der Waals surface area contributed by atoms with Gasteiger partial charge in [-0.05, 0) is 0 Å². The van der Waals surface area contributed by atoms with Crippen molar-refractivity contribution in [1.82, 2.24) is 0 Å². The molecule has 0 N–H and O–H groups in total. The zero-order valence-corrected chi connectivity index (χ0v) is 10.9. The molecule has 0 aromatic heterocycles. The minimum atomic E-state index is 0. The minimum absolute atomic E-state index is 0. The number of hydrogen-bond donors (Lipinski definition) is 0. The summed E-state index contributed by atoms with van der Waals surface area (Å²) < 4.78 is 2.60. The molecular weight excluding hydrogens is 297 g/mol. The van der Waals surface area contributed by atoms with E-state index in [1.54, 1.807) is 0 Å². The third-order valence-electron chi connectivity index (χ3n) is 0.889. The summed E-state index contributed by atoms with van der Waals surface area (Å²) in [5.41, 5.74) is 0. The summed E-state index contributed by atoms with van der Waals surface area (Å²) >= 11 is 4.62. The third-order valence-corrected chi connectivity index (χ3v) is 2.31. The SMILES string of the molecule is [Br-].[Zn+][c]1cccc(Br)c1. The van der Waals surface area contributed by atoms with Crippen LogP contribution in [0, 0.1) is 0 Å². The Morgan fingerprint density at radius 3 is 2.33 bits per heavy atom. The summed E-state index contributed by atoms with van der Waals surface area (Å²) in [7, 11) is 0. The van der Waals surface area contributed by atoms with E-state index in [0.29, 0.717) is 0 Å². The second kappa shape index (κ2) is 4.59. The molecule has 0 amide bonds. The van der Waals surface area contributed by atoms with Crippen LogP contribution in [0.4, 0.5) is 0 Å². The second-order valence-electron chi connectivity index (χ2n) is 1.63. The van der Waals surface area contributed by atoms with Crippen LogP contribution >= 0.6 is 15.9 Å². The van der Waals surface area contributed by atoms with Gasteiger partial charge in [-0.15, -0.1) is 0 Å². The molecule has 1 aromatic rings. The van der Waals surface area contributed by atoms with Crippen molar-refractivity contribution in [3.63, 3.8) is 0 Å². The van der Waals surface area contributed by atoms with Crippen molar-refractivity contribution in [2.45, 2.75) is 0 Å². The monoisotopic (exact) mass is 298 g/mol. The van der Waals surface area contributed by atoms with Gasteiger partial charge in [0.1, 0.15) is 0 Å². The first-order valence-corrected chi connectivity index (χ1v) is 4.64. The van der Waals surface area contributed by atoms with Crippen molar-refractivity contribution in [1.29, 1.82) is 0 Å². The van der Waals surface area contributed by atoms with Gasteiger partial charge in [-0.25, -0.2) is 0 Å². The standard InChI is InChI=1S/C6H4Br.BrH.Zn/c7-6-4-2-1-3-5-6;;/h1-2,4-5H;1H;/q;;+1/p-1. The maximum atomic E-state index is 3.38. The first kappa shape index (κ1) is 9.80. The van der Waals surface area contributed by atoms with E-state index >= 15 is 0 Å². The Bertz CT molecular complexity index is 171. The van der Waals surface area contributed by atoms with Gasteiger partial charge in [-0.1, -0.05) is 0 Å². The van der Waals surface area contributed by atoms with Crippen LogP contribution in [0.15, 0.2) is 28.7 Å². The molecule has 0 unspecified atom stereocenters. The van der Waals surface area contributed by atoms with E-state index in [9.17, 15) is 0 Å². The molecule has 0 spiro atoms. The summed E-state index contributed by atoms with van der Waals surface area (Å²) in [6.07, 6.45) is 0. The molecule has 1 rings (SSSR count). The van der Waals surface area contributed by atoms with Crippen molar-refractivity contribution in [3.8, 4) is 0 Å². The average molecular weight is 301 g/mol. The van der Waals surface area contributed by atoms with Gasteiger partial charge in [0.25, 0.3) is 0 Å². The fourth-order valence-electron chi connectivity index (χ4n) is 0.537. The fourth-order valence-corrected chi connectivity index (χ4v) is 2.36. The Balaban J connectivity index is 0.000000640. The van der Waals surface area contributed by atoms with E-state index in [2.05, 4.69) is 34.1 Å². The van der Waals surface area contributed by atoms with Crippen LogP contribution in [-0.2, 0) is 18.3 Å². The predicted octanol–water partition coefficient (Wildman–Crippen LogP) is -1.37. The summed E-state index contributed by atoms with van der Waals surface area (Å²) in [6, 6.07) is 8.37. The molecule has 3 heteroatoms. The van der Waals surface area contributed by atoms with Crippen molar-refractivity contribution in [2.24, 2.45) is 0 Å². The predicted molar refractivity (Wildman–Crippen MR) is 33.8 cm³/mol. The molecule has 0 aliphatic carbocycles. The van der Waals surface area contributed by atoms with Gasteiger partial charge in [0, 0.05) is 0 Å². The van der Waals surface area contributed by atoms with Crippen LogP contribution in [0.5, 0.6) is 0 Å². The van der Waals surface area contributed by atoms with Crippen LogP contribution < -0.4 is 21.1 Å². The van der Waals surface area contributed by atoms with Crippen molar-refractivity contribution in [2.75, 3.05) is 0 Å². The molecule has 0 bridgehead atoms. The molecule has 0 radical (unpaired) electrons. The Hall–Kier alpha value is 0.803. The normalized spacial score (nSPS) is 8.33. The Kier molecular flexibility index (Phi) is 5.00. The van der Waals surface area contributed by atoms with Gasteiger partial charge in [0.05, 0.1) is 0 Å². The van der Waals surface area contributed by atoms with Crippen LogP contribution in [0.3, 0.4) is 0 Å². The molecule has 0 saturated carbocycles. The quantitative estimate of drug-likeness (QED) is 0.519. The maximum absolute atomic E-state index is 3.38. The Morgan fingerprint density at radius 1 is 1.33 bits per heavy atom. The molecular formula is C6H4Br2Zn. The molecule has 0 aliphatic heterocycles. The molecule has 0 nitrogen and oxygen atoms in total. The van der Waals surface area contributed by atoms with Crippen molar-refractivity contribution < 1.29 is 35.3 Å². The fraction of sp³-hybridized carbons (Fsp3) is 0. The van der Waals surface area contributed by atoms with Crippen molar-refractivity contribution in [3.05, 3.63) is 28.7 Å². The van der Waals surface area contributed by atoms with Crippen LogP contribution in [0.25, 0.3) is 0 Å². The molecule has 0 aliphatic rings. The van der Waals surface area contributed by atoms with Gasteiger partial charge in [0.15, 0.2) is 0 Å². The Morgan fingerprint density at radius 2 is 2.00 bits per heavy atom. The van der Waals surface area contributed by atoms with Crippen LogP contribution in [0.1, 0.15) is 0 Å². The molecule has 44 valence electrons. The summed E-state index contributed by atoms with van der Waals surface area (Å²) in [4.78, 5) is 0. The van der Waals surface area contributed by atoms with E-state index in [1.807, 2.05) is 6.07 Å². The van der Waals surface area contributed by atoms with E-state index in [-0.39, 0.29) is 17.0 Å². The first-order valence-electron chi connectivity index (χ1n) is 2.36. The third kappa shape index (κ3) is 3.49. The first-order chi connectivity index (χ1) is 3.79. The van der Waals surface area contributed by atoms with E-state index in [4.69, 9.17) is 0 Å². The van der Waals surface area contributed by atoms with Gasteiger partial charge < -0.3 is 17.0 Å². The van der Waals surface area contributed by atoms with E-state index in [0.717, 1.165) is 0 Å². The van der Waals surface area contributed by atoms with Crippen LogP contribution in [0.2, 0.25) is 0 Å².